The zero-order valence-corrected chi connectivity index (χ0v) is 25.4. The van der Waals surface area contributed by atoms with E-state index in [0.29, 0.717) is 42.3 Å². The highest BCUT2D eigenvalue weighted by molar-refractivity contribution is 5.99. The zero-order chi connectivity index (χ0) is 29.3. The number of aromatic nitrogens is 2. The Hall–Kier alpha value is -2.81. The van der Waals surface area contributed by atoms with Crippen molar-refractivity contribution in [1.82, 2.24) is 19.4 Å². The first-order valence-electron chi connectivity index (χ1n) is 15.1. The fourth-order valence-corrected chi connectivity index (χ4v) is 6.57. The average molecular weight is 565 g/mol. The van der Waals surface area contributed by atoms with E-state index >= 15 is 0 Å². The van der Waals surface area contributed by atoms with E-state index in [1.807, 2.05) is 30.8 Å². The molecule has 8 heteroatoms. The number of fused-ring (bicyclic) bond motifs is 1. The van der Waals surface area contributed by atoms with Crippen molar-refractivity contribution in [1.29, 1.82) is 0 Å². The summed E-state index contributed by atoms with van der Waals surface area (Å²) >= 11 is 0. The first-order valence-corrected chi connectivity index (χ1v) is 15.1. The summed E-state index contributed by atoms with van der Waals surface area (Å²) in [4.78, 5) is 22.2. The van der Waals surface area contributed by atoms with Crippen LogP contribution in [0.3, 0.4) is 0 Å². The molecule has 2 saturated heterocycles. The molecule has 0 saturated carbocycles. The predicted molar refractivity (Wildman–Crippen MR) is 160 cm³/mol. The molecule has 0 N–H and O–H groups in total. The van der Waals surface area contributed by atoms with Gasteiger partial charge in [-0.25, -0.2) is 4.39 Å². The lowest BCUT2D eigenvalue weighted by molar-refractivity contribution is -0.0527. The van der Waals surface area contributed by atoms with Gasteiger partial charge in [0.2, 0.25) is 0 Å². The third-order valence-electron chi connectivity index (χ3n) is 8.98. The molecule has 2 atom stereocenters. The smallest absolute Gasteiger partial charge is 0.256 e. The van der Waals surface area contributed by atoms with Gasteiger partial charge in [-0.2, -0.15) is 0 Å². The minimum Gasteiger partial charge on any atom is -0.350 e. The number of likely N-dealkylation sites (tertiary alicyclic amines) is 1. The fourth-order valence-electron chi connectivity index (χ4n) is 6.57. The molecular weight excluding hydrogens is 519 g/mol. The number of amides is 1. The molecule has 2 fully saturated rings. The lowest BCUT2D eigenvalue weighted by atomic mass is 9.96. The first-order chi connectivity index (χ1) is 19.6. The molecule has 5 rings (SSSR count). The topological polar surface area (TPSA) is 59.8 Å². The summed E-state index contributed by atoms with van der Waals surface area (Å²) in [5.41, 5.74) is 4.34. The van der Waals surface area contributed by atoms with E-state index in [1.165, 1.54) is 23.1 Å². The second-order valence-corrected chi connectivity index (χ2v) is 12.5. The average Bonchev–Trinajstić information content (AvgIpc) is 3.70. The van der Waals surface area contributed by atoms with Crippen LogP contribution in [-0.2, 0) is 15.9 Å². The van der Waals surface area contributed by atoms with Gasteiger partial charge < -0.3 is 18.9 Å². The molecule has 0 spiro atoms. The summed E-state index contributed by atoms with van der Waals surface area (Å²) in [6.07, 6.45) is 9.97. The zero-order valence-electron chi connectivity index (χ0n) is 25.4. The number of hydrogen-bond donors (Lipinski definition) is 0. The van der Waals surface area contributed by atoms with Crippen molar-refractivity contribution in [2.45, 2.75) is 78.7 Å². The van der Waals surface area contributed by atoms with E-state index in [0.717, 1.165) is 49.9 Å². The molecule has 2 aromatic heterocycles. The molecule has 4 heterocycles. The number of nitrogens with zero attached hydrogens (tertiary/aromatic N) is 4. The number of carbonyl (C=O) groups excluding carboxylic acids is 1. The van der Waals surface area contributed by atoms with Crippen LogP contribution in [0.2, 0.25) is 0 Å². The second kappa shape index (κ2) is 12.6. The number of benzene rings is 1. The Balaban J connectivity index is 1.41. The summed E-state index contributed by atoms with van der Waals surface area (Å²) in [6.45, 7) is 14.2. The largest absolute Gasteiger partial charge is 0.350 e. The van der Waals surface area contributed by atoms with Crippen LogP contribution < -0.4 is 0 Å². The monoisotopic (exact) mass is 564 g/mol. The Kier molecular flexibility index (Phi) is 9.12. The van der Waals surface area contributed by atoms with E-state index in [9.17, 15) is 9.18 Å². The Morgan fingerprint density at radius 1 is 1.17 bits per heavy atom. The van der Waals surface area contributed by atoms with Crippen LogP contribution in [-0.4, -0.2) is 77.0 Å². The van der Waals surface area contributed by atoms with Gasteiger partial charge in [0.25, 0.3) is 5.91 Å². The number of rotatable bonds is 10. The molecule has 41 heavy (non-hydrogen) atoms. The maximum Gasteiger partial charge on any atom is 0.256 e. The van der Waals surface area contributed by atoms with Crippen LogP contribution >= 0.6 is 0 Å². The molecule has 0 aliphatic carbocycles. The van der Waals surface area contributed by atoms with E-state index in [4.69, 9.17) is 9.47 Å². The van der Waals surface area contributed by atoms with E-state index in [1.54, 1.807) is 18.0 Å². The predicted octanol–water partition coefficient (Wildman–Crippen LogP) is 6.00. The lowest BCUT2D eigenvalue weighted by Crippen LogP contribution is -2.38. The fraction of sp³-hybridized carbons (Fsp3) is 0.576. The standard InChI is InChI=1S/C33H45FN4O3/c1-21(2)28(9-10-31-40-13-14-41-31)37-12-11-24(19-37)15-25-20-38(30-18-35-17-23(5)32(25)30)29-8-7-26(34)16-27(29)33(39)36(6)22(3)4/h7-8,16-18,20-22,24,28,31H,9-15,19H2,1-6H3/t24-,28?/m0/s1. The number of halogens is 1. The van der Waals surface area contributed by atoms with Crippen molar-refractivity contribution in [3.05, 3.63) is 59.3 Å². The van der Waals surface area contributed by atoms with Crippen LogP contribution in [0.4, 0.5) is 4.39 Å². The van der Waals surface area contributed by atoms with Crippen molar-refractivity contribution in [3.8, 4) is 5.69 Å². The highest BCUT2D eigenvalue weighted by Crippen LogP contribution is 2.34. The Bertz CT molecular complexity index is 1360. The second-order valence-electron chi connectivity index (χ2n) is 12.5. The van der Waals surface area contributed by atoms with Crippen molar-refractivity contribution in [3.63, 3.8) is 0 Å². The van der Waals surface area contributed by atoms with Crippen LogP contribution in [0, 0.1) is 24.6 Å². The van der Waals surface area contributed by atoms with Crippen molar-refractivity contribution in [2.24, 2.45) is 11.8 Å². The highest BCUT2D eigenvalue weighted by Gasteiger charge is 2.32. The maximum atomic E-state index is 14.4. The van der Waals surface area contributed by atoms with Crippen LogP contribution in [0.5, 0.6) is 0 Å². The number of carbonyl (C=O) groups is 1. The minimum absolute atomic E-state index is 0.00214. The Labute approximate surface area is 243 Å². The minimum atomic E-state index is -0.419. The quantitative estimate of drug-likeness (QED) is 0.303. The number of aryl methyl sites for hydroxylation is 1. The Morgan fingerprint density at radius 2 is 1.93 bits per heavy atom. The first kappa shape index (κ1) is 29.7. The number of pyridine rings is 1. The van der Waals surface area contributed by atoms with Crippen molar-refractivity contribution in [2.75, 3.05) is 33.4 Å². The van der Waals surface area contributed by atoms with Gasteiger partial charge in [0.1, 0.15) is 5.82 Å². The van der Waals surface area contributed by atoms with Gasteiger partial charge in [0, 0.05) is 43.5 Å². The summed E-state index contributed by atoms with van der Waals surface area (Å²) in [7, 11) is 1.76. The molecular formula is C33H45FN4O3. The van der Waals surface area contributed by atoms with Crippen LogP contribution in [0.15, 0.2) is 36.8 Å². The molecule has 0 radical (unpaired) electrons. The molecule has 222 valence electrons. The lowest BCUT2D eigenvalue weighted by Gasteiger charge is -2.32. The molecule has 3 aromatic rings. The SMILES string of the molecule is Cc1cncc2c1c(C[C@@H]1CCN(C(CCC3OCCO3)C(C)C)C1)cn2-c1ccc(F)cc1C(=O)N(C)C(C)C. The van der Waals surface area contributed by atoms with Crippen LogP contribution in [0.1, 0.15) is 68.4 Å². The van der Waals surface area contributed by atoms with Gasteiger partial charge in [-0.3, -0.25) is 14.7 Å². The molecule has 0 bridgehead atoms. The van der Waals surface area contributed by atoms with E-state index < -0.39 is 5.82 Å². The van der Waals surface area contributed by atoms with Gasteiger partial charge >= 0.3 is 0 Å². The number of ether oxygens (including phenoxy) is 2. The maximum absolute atomic E-state index is 14.4. The third kappa shape index (κ3) is 6.35. The molecule has 7 nitrogen and oxygen atoms in total. The number of hydrogen-bond acceptors (Lipinski definition) is 5. The normalized spacial score (nSPS) is 19.2. The van der Waals surface area contributed by atoms with Crippen LogP contribution in [0.25, 0.3) is 16.6 Å². The summed E-state index contributed by atoms with van der Waals surface area (Å²) < 4.78 is 27.9. The van der Waals surface area contributed by atoms with Gasteiger partial charge in [-0.15, -0.1) is 0 Å². The molecule has 1 aromatic carbocycles. The highest BCUT2D eigenvalue weighted by atomic mass is 19.1. The Morgan fingerprint density at radius 3 is 2.63 bits per heavy atom. The van der Waals surface area contributed by atoms with Crippen molar-refractivity contribution >= 4 is 16.8 Å². The van der Waals surface area contributed by atoms with E-state index in [2.05, 4.69) is 36.9 Å². The van der Waals surface area contributed by atoms with Gasteiger partial charge in [0.05, 0.1) is 36.2 Å². The molecule has 2 aliphatic rings. The third-order valence-corrected chi connectivity index (χ3v) is 8.98. The summed E-state index contributed by atoms with van der Waals surface area (Å²) in [5.74, 6) is 0.474. The summed E-state index contributed by atoms with van der Waals surface area (Å²) in [5, 5.41) is 1.18. The van der Waals surface area contributed by atoms with Crippen molar-refractivity contribution < 1.29 is 18.7 Å². The van der Waals surface area contributed by atoms with E-state index in [-0.39, 0.29) is 18.2 Å². The van der Waals surface area contributed by atoms with Gasteiger partial charge in [-0.05, 0) is 94.2 Å². The van der Waals surface area contributed by atoms with Gasteiger partial charge in [0.15, 0.2) is 6.29 Å². The molecule has 1 amide bonds. The molecule has 2 aliphatic heterocycles. The summed E-state index contributed by atoms with van der Waals surface area (Å²) in [6, 6.07) is 5.00. The molecule has 1 unspecified atom stereocenters. The van der Waals surface area contributed by atoms with Gasteiger partial charge in [-0.1, -0.05) is 13.8 Å².